The highest BCUT2D eigenvalue weighted by Gasteiger charge is 2.31. The molecule has 0 radical (unpaired) electrons. The number of pyridine rings is 1. The minimum absolute atomic E-state index is 0.0596. The maximum atomic E-state index is 13.0. The predicted molar refractivity (Wildman–Crippen MR) is 118 cm³/mol. The maximum absolute atomic E-state index is 13.0. The van der Waals surface area contributed by atoms with Crippen molar-refractivity contribution in [1.82, 2.24) is 15.6 Å². The number of carbonyl (C=O) groups is 2. The third kappa shape index (κ3) is 5.51. The lowest BCUT2D eigenvalue weighted by atomic mass is 9.97. The smallest absolute Gasteiger partial charge is 0.252 e. The lowest BCUT2D eigenvalue weighted by Crippen LogP contribution is -2.48. The number of nitrogens with one attached hydrogen (secondary N) is 3. The van der Waals surface area contributed by atoms with Gasteiger partial charge in [0.15, 0.2) is 0 Å². The number of nitrogens with zero attached hydrogens (tertiary/aromatic N) is 1. The van der Waals surface area contributed by atoms with Crippen LogP contribution in [0, 0.1) is 5.92 Å². The van der Waals surface area contributed by atoms with Crippen molar-refractivity contribution in [2.45, 2.75) is 57.0 Å². The lowest BCUT2D eigenvalue weighted by molar-refractivity contribution is -0.123. The summed E-state index contributed by atoms with van der Waals surface area (Å²) in [4.78, 5) is 29.7. The van der Waals surface area contributed by atoms with Crippen LogP contribution in [0.15, 0.2) is 42.7 Å². The van der Waals surface area contributed by atoms with Gasteiger partial charge in [0.1, 0.15) is 6.04 Å². The summed E-state index contributed by atoms with van der Waals surface area (Å²) in [6.45, 7) is 0. The normalized spacial score (nSPS) is 17.4. The molecule has 4 rings (SSSR count). The fourth-order valence-electron chi connectivity index (χ4n) is 3.95. The van der Waals surface area contributed by atoms with Gasteiger partial charge in [-0.3, -0.25) is 14.6 Å². The molecule has 0 spiro atoms. The van der Waals surface area contributed by atoms with Crippen LogP contribution in [0.2, 0.25) is 5.02 Å². The molecule has 2 saturated carbocycles. The Morgan fingerprint density at radius 3 is 2.67 bits per heavy atom. The van der Waals surface area contributed by atoms with Crippen molar-refractivity contribution in [1.29, 1.82) is 0 Å². The molecule has 0 bridgehead atoms. The molecule has 2 fully saturated rings. The number of anilines is 2. The lowest BCUT2D eigenvalue weighted by Gasteiger charge is -2.21. The van der Waals surface area contributed by atoms with E-state index in [0.29, 0.717) is 28.6 Å². The van der Waals surface area contributed by atoms with Gasteiger partial charge in [0.2, 0.25) is 5.91 Å². The third-order valence-corrected chi connectivity index (χ3v) is 6.07. The van der Waals surface area contributed by atoms with E-state index < -0.39 is 6.04 Å². The van der Waals surface area contributed by atoms with E-state index in [2.05, 4.69) is 20.9 Å². The first-order valence-electron chi connectivity index (χ1n) is 10.7. The summed E-state index contributed by atoms with van der Waals surface area (Å²) in [7, 11) is 0. The van der Waals surface area contributed by atoms with E-state index in [1.165, 1.54) is 12.8 Å². The summed E-state index contributed by atoms with van der Waals surface area (Å²) in [5.74, 6) is 0.200. The molecule has 6 nitrogen and oxygen atoms in total. The molecule has 1 aromatic carbocycles. The largest absolute Gasteiger partial charge is 0.354 e. The van der Waals surface area contributed by atoms with E-state index in [9.17, 15) is 9.59 Å². The maximum Gasteiger partial charge on any atom is 0.252 e. The molecule has 1 aromatic heterocycles. The van der Waals surface area contributed by atoms with Crippen LogP contribution < -0.4 is 16.0 Å². The molecule has 0 unspecified atom stereocenters. The Morgan fingerprint density at radius 1 is 1.13 bits per heavy atom. The molecule has 1 atom stereocenters. The van der Waals surface area contributed by atoms with E-state index in [-0.39, 0.29) is 17.9 Å². The van der Waals surface area contributed by atoms with Crippen molar-refractivity contribution < 1.29 is 9.59 Å². The molecule has 0 saturated heterocycles. The second-order valence-electron chi connectivity index (χ2n) is 8.26. The first-order valence-corrected chi connectivity index (χ1v) is 11.0. The highest BCUT2D eigenvalue weighted by atomic mass is 35.5. The van der Waals surface area contributed by atoms with Gasteiger partial charge in [-0.1, -0.05) is 43.4 Å². The number of hydrogen-bond donors (Lipinski definition) is 3. The SMILES string of the molecule is O=C(N[C@@H](CC1CCCC1)C(=O)NC1CC1)c1cccc(Nc2ccncc2Cl)c1. The van der Waals surface area contributed by atoms with Crippen LogP contribution in [0.4, 0.5) is 11.4 Å². The van der Waals surface area contributed by atoms with E-state index in [0.717, 1.165) is 31.4 Å². The van der Waals surface area contributed by atoms with Crippen LogP contribution in [-0.4, -0.2) is 28.9 Å². The number of carbonyl (C=O) groups excluding carboxylic acids is 2. The average Bonchev–Trinajstić information content (AvgIpc) is 3.41. The van der Waals surface area contributed by atoms with Crippen molar-refractivity contribution >= 4 is 34.8 Å². The van der Waals surface area contributed by atoms with E-state index >= 15 is 0 Å². The fraction of sp³-hybridized carbons (Fsp3) is 0.435. The van der Waals surface area contributed by atoms with Gasteiger partial charge in [0.25, 0.3) is 5.91 Å². The van der Waals surface area contributed by atoms with E-state index in [1.807, 2.05) is 12.1 Å². The number of rotatable bonds is 8. The van der Waals surface area contributed by atoms with Crippen LogP contribution in [-0.2, 0) is 4.79 Å². The average molecular weight is 427 g/mol. The van der Waals surface area contributed by atoms with Gasteiger partial charge >= 0.3 is 0 Å². The van der Waals surface area contributed by atoms with Gasteiger partial charge in [-0.05, 0) is 49.4 Å². The summed E-state index contributed by atoms with van der Waals surface area (Å²) >= 11 is 6.16. The standard InChI is InChI=1S/C23H27ClN4O2/c24-19-14-25-11-10-20(19)26-18-7-3-6-16(13-18)22(29)28-21(12-15-4-1-2-5-15)23(30)27-17-8-9-17/h3,6-7,10-11,13-15,17,21H,1-2,4-5,8-9,12H2,(H,25,26)(H,27,30)(H,28,29)/t21-/m0/s1. The topological polar surface area (TPSA) is 83.1 Å². The zero-order chi connectivity index (χ0) is 20.9. The quantitative estimate of drug-likeness (QED) is 0.582. The second kappa shape index (κ2) is 9.47. The number of hydrogen-bond acceptors (Lipinski definition) is 4. The molecule has 7 heteroatoms. The Balaban J connectivity index is 1.44. The molecule has 158 valence electrons. The van der Waals surface area contributed by atoms with Crippen LogP contribution in [0.1, 0.15) is 55.3 Å². The van der Waals surface area contributed by atoms with Gasteiger partial charge in [-0.25, -0.2) is 0 Å². The number of halogens is 1. The number of aromatic nitrogens is 1. The Hall–Kier alpha value is -2.60. The van der Waals surface area contributed by atoms with Gasteiger partial charge in [0.05, 0.1) is 10.7 Å². The monoisotopic (exact) mass is 426 g/mol. The first-order chi connectivity index (χ1) is 14.6. The predicted octanol–water partition coefficient (Wildman–Crippen LogP) is 4.44. The van der Waals surface area contributed by atoms with Crippen LogP contribution >= 0.6 is 11.6 Å². The summed E-state index contributed by atoms with van der Waals surface area (Å²) < 4.78 is 0. The molecular formula is C23H27ClN4O2. The van der Waals surface area contributed by atoms with E-state index in [4.69, 9.17) is 11.6 Å². The number of amides is 2. The Labute approximate surface area is 181 Å². The van der Waals surface area contributed by atoms with Gasteiger partial charge in [-0.15, -0.1) is 0 Å². The second-order valence-corrected chi connectivity index (χ2v) is 8.66. The van der Waals surface area contributed by atoms with Crippen molar-refractivity contribution in [3.05, 3.63) is 53.3 Å². The summed E-state index contributed by atoms with van der Waals surface area (Å²) in [6.07, 6.45) is 10.7. The van der Waals surface area contributed by atoms with Crippen LogP contribution in [0.25, 0.3) is 0 Å². The first kappa shape index (κ1) is 20.7. The van der Waals surface area contributed by atoms with Gasteiger partial charge in [0, 0.05) is 29.7 Å². The van der Waals surface area contributed by atoms with Crippen molar-refractivity contribution in [2.24, 2.45) is 5.92 Å². The Bertz CT molecular complexity index is 910. The molecule has 0 aliphatic heterocycles. The van der Waals surface area contributed by atoms with Crippen molar-refractivity contribution in [3.8, 4) is 0 Å². The Morgan fingerprint density at radius 2 is 1.93 bits per heavy atom. The van der Waals surface area contributed by atoms with Gasteiger partial charge < -0.3 is 16.0 Å². The summed E-state index contributed by atoms with van der Waals surface area (Å²) in [5.41, 5.74) is 1.96. The molecular weight excluding hydrogens is 400 g/mol. The molecule has 2 aromatic rings. The molecule has 3 N–H and O–H groups in total. The Kier molecular flexibility index (Phi) is 6.53. The van der Waals surface area contributed by atoms with Crippen LogP contribution in [0.3, 0.4) is 0 Å². The summed E-state index contributed by atoms with van der Waals surface area (Å²) in [6, 6.07) is 8.74. The minimum Gasteiger partial charge on any atom is -0.354 e. The fourth-order valence-corrected chi connectivity index (χ4v) is 4.12. The van der Waals surface area contributed by atoms with Crippen LogP contribution in [0.5, 0.6) is 0 Å². The minimum atomic E-state index is -0.493. The third-order valence-electron chi connectivity index (χ3n) is 5.77. The summed E-state index contributed by atoms with van der Waals surface area (Å²) in [5, 5.41) is 9.74. The zero-order valence-electron chi connectivity index (χ0n) is 16.9. The molecule has 30 heavy (non-hydrogen) atoms. The molecule has 2 aliphatic rings. The van der Waals surface area contributed by atoms with Crippen molar-refractivity contribution in [2.75, 3.05) is 5.32 Å². The molecule has 1 heterocycles. The van der Waals surface area contributed by atoms with Gasteiger partial charge in [-0.2, -0.15) is 0 Å². The van der Waals surface area contributed by atoms with E-state index in [1.54, 1.807) is 30.6 Å². The zero-order valence-corrected chi connectivity index (χ0v) is 17.6. The number of benzene rings is 1. The highest BCUT2D eigenvalue weighted by molar-refractivity contribution is 6.33. The molecule has 2 amide bonds. The molecule has 2 aliphatic carbocycles. The van der Waals surface area contributed by atoms with Crippen molar-refractivity contribution in [3.63, 3.8) is 0 Å². The highest BCUT2D eigenvalue weighted by Crippen LogP contribution is 2.29.